The largest absolute Gasteiger partial charge is 0.340 e. The molecule has 0 radical (unpaired) electrons. The lowest BCUT2D eigenvalue weighted by Crippen LogP contribution is -2.50. The van der Waals surface area contributed by atoms with E-state index in [0.717, 1.165) is 17.7 Å². The van der Waals surface area contributed by atoms with Crippen molar-refractivity contribution in [2.75, 3.05) is 18.0 Å². The Kier molecular flexibility index (Phi) is 5.40. The molecule has 1 aliphatic rings. The summed E-state index contributed by atoms with van der Waals surface area (Å²) in [6, 6.07) is 6.25. The first-order valence-corrected chi connectivity index (χ1v) is 9.98. The fraction of sp³-hybridized carbons (Fsp3) is 0.350. The molecule has 0 amide bonds. The monoisotopic (exact) mass is 442 g/mol. The highest BCUT2D eigenvalue weighted by Gasteiger charge is 2.31. The van der Waals surface area contributed by atoms with Crippen LogP contribution in [0, 0.1) is 11.6 Å². The number of piperidine rings is 1. The Morgan fingerprint density at radius 3 is 2.59 bits per heavy atom. The van der Waals surface area contributed by atoms with Gasteiger partial charge in [-0.2, -0.15) is 0 Å². The SMILES string of the molecule is C[C@@H](c1ccc(Cl)cc1Cl)n1c(N2CC[C@@H](F)[C@H](N)C2)nc2cc(F)c(F)cc21. The average Bonchev–Trinajstić information content (AvgIpc) is 3.02. The van der Waals surface area contributed by atoms with Gasteiger partial charge in [-0.25, -0.2) is 18.2 Å². The summed E-state index contributed by atoms with van der Waals surface area (Å²) in [4.78, 5) is 6.37. The van der Waals surface area contributed by atoms with Gasteiger partial charge in [0, 0.05) is 35.3 Å². The van der Waals surface area contributed by atoms with Crippen molar-refractivity contribution in [1.82, 2.24) is 9.55 Å². The lowest BCUT2D eigenvalue weighted by molar-refractivity contribution is 0.243. The number of nitrogens with zero attached hydrogens (tertiary/aromatic N) is 3. The molecule has 0 spiro atoms. The van der Waals surface area contributed by atoms with Crippen LogP contribution in [0.1, 0.15) is 24.9 Å². The third kappa shape index (κ3) is 3.67. The first-order chi connectivity index (χ1) is 13.8. The topological polar surface area (TPSA) is 47.1 Å². The third-order valence-corrected chi connectivity index (χ3v) is 5.93. The van der Waals surface area contributed by atoms with Gasteiger partial charge in [0.2, 0.25) is 5.95 Å². The quantitative estimate of drug-likeness (QED) is 0.613. The molecule has 154 valence electrons. The summed E-state index contributed by atoms with van der Waals surface area (Å²) in [6.45, 7) is 2.52. The van der Waals surface area contributed by atoms with Gasteiger partial charge >= 0.3 is 0 Å². The molecule has 4 nitrogen and oxygen atoms in total. The average molecular weight is 443 g/mol. The summed E-state index contributed by atoms with van der Waals surface area (Å²) >= 11 is 12.4. The lowest BCUT2D eigenvalue weighted by atomic mass is 10.0. The van der Waals surface area contributed by atoms with Gasteiger partial charge in [-0.15, -0.1) is 0 Å². The van der Waals surface area contributed by atoms with Gasteiger partial charge in [-0.05, 0) is 31.0 Å². The molecule has 29 heavy (non-hydrogen) atoms. The van der Waals surface area contributed by atoms with E-state index in [4.69, 9.17) is 28.9 Å². The summed E-state index contributed by atoms with van der Waals surface area (Å²) in [5.41, 5.74) is 7.37. The van der Waals surface area contributed by atoms with Crippen molar-refractivity contribution in [3.8, 4) is 0 Å². The maximum absolute atomic E-state index is 14.0. The number of fused-ring (bicyclic) bond motifs is 1. The summed E-state index contributed by atoms with van der Waals surface area (Å²) in [5, 5.41) is 0.935. The first-order valence-electron chi connectivity index (χ1n) is 9.22. The fourth-order valence-corrected chi connectivity index (χ4v) is 4.36. The maximum atomic E-state index is 14.0. The zero-order valence-electron chi connectivity index (χ0n) is 15.5. The molecule has 3 atom stereocenters. The number of nitrogens with two attached hydrogens (primary N) is 1. The molecule has 2 aromatic carbocycles. The third-order valence-electron chi connectivity index (χ3n) is 5.37. The molecule has 1 saturated heterocycles. The molecule has 1 fully saturated rings. The van der Waals surface area contributed by atoms with E-state index in [1.165, 1.54) is 0 Å². The maximum Gasteiger partial charge on any atom is 0.207 e. The van der Waals surface area contributed by atoms with Gasteiger partial charge in [0.05, 0.1) is 23.1 Å². The van der Waals surface area contributed by atoms with E-state index < -0.39 is 23.8 Å². The molecule has 4 rings (SSSR count). The van der Waals surface area contributed by atoms with E-state index in [0.29, 0.717) is 33.6 Å². The number of rotatable bonds is 3. The van der Waals surface area contributed by atoms with E-state index in [-0.39, 0.29) is 19.0 Å². The number of halogens is 5. The first kappa shape index (κ1) is 20.3. The van der Waals surface area contributed by atoms with Gasteiger partial charge in [-0.3, -0.25) is 0 Å². The van der Waals surface area contributed by atoms with Gasteiger partial charge in [0.1, 0.15) is 6.17 Å². The van der Waals surface area contributed by atoms with E-state index in [1.54, 1.807) is 22.8 Å². The second-order valence-electron chi connectivity index (χ2n) is 7.29. The van der Waals surface area contributed by atoms with Crippen LogP contribution >= 0.6 is 23.2 Å². The Balaban J connectivity index is 1.89. The highest BCUT2D eigenvalue weighted by molar-refractivity contribution is 6.35. The van der Waals surface area contributed by atoms with Crippen LogP contribution in [0.4, 0.5) is 19.1 Å². The highest BCUT2D eigenvalue weighted by Crippen LogP contribution is 2.36. The van der Waals surface area contributed by atoms with Crippen molar-refractivity contribution in [3.63, 3.8) is 0 Å². The Labute approximate surface area is 176 Å². The fourth-order valence-electron chi connectivity index (χ4n) is 3.80. The zero-order chi connectivity index (χ0) is 20.9. The predicted molar refractivity (Wildman–Crippen MR) is 110 cm³/mol. The number of hydrogen-bond acceptors (Lipinski definition) is 3. The minimum absolute atomic E-state index is 0.247. The zero-order valence-corrected chi connectivity index (χ0v) is 17.1. The smallest absolute Gasteiger partial charge is 0.207 e. The van der Waals surface area contributed by atoms with Crippen LogP contribution in [0.3, 0.4) is 0 Å². The van der Waals surface area contributed by atoms with Crippen molar-refractivity contribution in [2.24, 2.45) is 5.73 Å². The highest BCUT2D eigenvalue weighted by atomic mass is 35.5. The van der Waals surface area contributed by atoms with E-state index in [9.17, 15) is 13.2 Å². The van der Waals surface area contributed by atoms with Crippen LogP contribution in [0.5, 0.6) is 0 Å². The molecule has 0 unspecified atom stereocenters. The normalized spacial score (nSPS) is 21.0. The molecule has 1 aromatic heterocycles. The molecule has 9 heteroatoms. The van der Waals surface area contributed by atoms with E-state index in [1.807, 2.05) is 11.8 Å². The summed E-state index contributed by atoms with van der Waals surface area (Å²) in [6.07, 6.45) is -0.842. The molecule has 0 bridgehead atoms. The molecular formula is C20H19Cl2F3N4. The van der Waals surface area contributed by atoms with Crippen molar-refractivity contribution < 1.29 is 13.2 Å². The van der Waals surface area contributed by atoms with Gasteiger partial charge in [0.15, 0.2) is 11.6 Å². The van der Waals surface area contributed by atoms with Crippen molar-refractivity contribution in [3.05, 3.63) is 57.6 Å². The van der Waals surface area contributed by atoms with Gasteiger partial charge in [0.25, 0.3) is 0 Å². The van der Waals surface area contributed by atoms with E-state index in [2.05, 4.69) is 4.98 Å². The summed E-state index contributed by atoms with van der Waals surface area (Å²) in [5.74, 6) is -1.49. The van der Waals surface area contributed by atoms with Crippen LogP contribution in [-0.2, 0) is 0 Å². The lowest BCUT2D eigenvalue weighted by Gasteiger charge is -2.35. The van der Waals surface area contributed by atoms with Crippen LogP contribution in [0.2, 0.25) is 10.0 Å². The molecular weight excluding hydrogens is 424 g/mol. The minimum atomic E-state index is -1.10. The van der Waals surface area contributed by atoms with Crippen LogP contribution in [0.25, 0.3) is 11.0 Å². The number of alkyl halides is 1. The predicted octanol–water partition coefficient (Wildman–Crippen LogP) is 5.11. The van der Waals surface area contributed by atoms with E-state index >= 15 is 0 Å². The number of benzene rings is 2. The van der Waals surface area contributed by atoms with Crippen molar-refractivity contribution >= 4 is 40.2 Å². The second-order valence-corrected chi connectivity index (χ2v) is 8.14. The molecule has 2 heterocycles. The summed E-state index contributed by atoms with van der Waals surface area (Å²) < 4.78 is 43.5. The number of hydrogen-bond donors (Lipinski definition) is 1. The van der Waals surface area contributed by atoms with Crippen LogP contribution in [-0.4, -0.2) is 34.9 Å². The Morgan fingerprint density at radius 2 is 1.90 bits per heavy atom. The molecule has 2 N–H and O–H groups in total. The van der Waals surface area contributed by atoms with Crippen LogP contribution < -0.4 is 10.6 Å². The van der Waals surface area contributed by atoms with Gasteiger partial charge in [-0.1, -0.05) is 29.3 Å². The molecule has 0 aliphatic carbocycles. The van der Waals surface area contributed by atoms with Crippen LogP contribution in [0.15, 0.2) is 30.3 Å². The standard InChI is InChI=1S/C20H19Cl2F3N4/c1-10(12-3-2-11(21)6-13(12)22)29-19-8-16(25)15(24)7-18(19)27-20(29)28-5-4-14(23)17(26)9-28/h2-3,6-8,10,14,17H,4-5,9,26H2,1H3/t10-,14+,17+/m0/s1. The van der Waals surface area contributed by atoms with Crippen molar-refractivity contribution in [1.29, 1.82) is 0 Å². The Morgan fingerprint density at radius 1 is 1.17 bits per heavy atom. The van der Waals surface area contributed by atoms with Crippen molar-refractivity contribution in [2.45, 2.75) is 31.6 Å². The number of anilines is 1. The Bertz CT molecular complexity index is 1070. The minimum Gasteiger partial charge on any atom is -0.340 e. The number of imidazole rings is 1. The number of aromatic nitrogens is 2. The molecule has 1 aliphatic heterocycles. The van der Waals surface area contributed by atoms with Gasteiger partial charge < -0.3 is 15.2 Å². The summed E-state index contributed by atoms with van der Waals surface area (Å²) in [7, 11) is 0. The second kappa shape index (κ2) is 7.70. The Hall–Kier alpha value is -1.96. The molecule has 3 aromatic rings. The molecule has 0 saturated carbocycles.